The van der Waals surface area contributed by atoms with Gasteiger partial charge in [-0.05, 0) is 42.8 Å². The van der Waals surface area contributed by atoms with Crippen LogP contribution in [0.15, 0.2) is 59.7 Å². The highest BCUT2D eigenvalue weighted by Crippen LogP contribution is 2.28. The second-order valence-electron chi connectivity index (χ2n) is 7.70. The molecule has 0 saturated heterocycles. The molecule has 0 radical (unpaired) electrons. The summed E-state index contributed by atoms with van der Waals surface area (Å²) in [6.45, 7) is 3.34. The Morgan fingerprint density at radius 2 is 1.83 bits per heavy atom. The molecular formula is C24H22FN5. The van der Waals surface area contributed by atoms with Crippen molar-refractivity contribution in [3.05, 3.63) is 94.3 Å². The first-order valence-electron chi connectivity index (χ1n) is 10.0. The maximum Gasteiger partial charge on any atom is 0.140 e. The Morgan fingerprint density at radius 1 is 0.967 bits per heavy atom. The number of pyridine rings is 2. The number of fused-ring (bicyclic) bond motifs is 3. The summed E-state index contributed by atoms with van der Waals surface area (Å²) in [6, 6.07) is 16.9. The van der Waals surface area contributed by atoms with Gasteiger partial charge in [-0.15, -0.1) is 0 Å². The molecule has 0 bridgehead atoms. The molecule has 0 unspecified atom stereocenters. The minimum Gasteiger partial charge on any atom is -0.330 e. The fraction of sp³-hybridized carbons (Fsp3) is 0.208. The minimum atomic E-state index is -0.196. The lowest BCUT2D eigenvalue weighted by molar-refractivity contribution is 0.259. The number of benzene rings is 1. The summed E-state index contributed by atoms with van der Waals surface area (Å²) in [5.41, 5.74) is 6.68. The van der Waals surface area contributed by atoms with Crippen molar-refractivity contribution in [3.8, 4) is 0 Å². The van der Waals surface area contributed by atoms with Crippen LogP contribution in [0.5, 0.6) is 0 Å². The van der Waals surface area contributed by atoms with Crippen molar-refractivity contribution in [1.29, 1.82) is 0 Å². The number of nitrogens with zero attached hydrogens (tertiary/aromatic N) is 5. The van der Waals surface area contributed by atoms with Crippen LogP contribution in [0.3, 0.4) is 0 Å². The Morgan fingerprint density at radius 3 is 2.67 bits per heavy atom. The van der Waals surface area contributed by atoms with Gasteiger partial charge in [0.2, 0.25) is 0 Å². The van der Waals surface area contributed by atoms with E-state index in [0.29, 0.717) is 25.1 Å². The molecule has 1 aromatic carbocycles. The largest absolute Gasteiger partial charge is 0.330 e. The first kappa shape index (κ1) is 18.5. The Kier molecular flexibility index (Phi) is 4.54. The first-order valence-corrected chi connectivity index (χ1v) is 10.0. The van der Waals surface area contributed by atoms with Gasteiger partial charge in [-0.2, -0.15) is 5.10 Å². The van der Waals surface area contributed by atoms with Crippen molar-refractivity contribution in [2.75, 3.05) is 0 Å². The van der Waals surface area contributed by atoms with Gasteiger partial charge < -0.3 is 4.57 Å². The van der Waals surface area contributed by atoms with Gasteiger partial charge in [0.15, 0.2) is 0 Å². The Bertz CT molecular complexity index is 1270. The standard InChI is InChI=1S/C24H22FN5/c1-16-6-5-8-19(27-16)14-30-15-23-21(13-26-30)20-11-10-18(28-24(20)29(23)2)12-17-7-3-4-9-22(17)25/h3-11,13H,12,14-15H2,1-2H3. The van der Waals surface area contributed by atoms with Gasteiger partial charge in [-0.25, -0.2) is 9.37 Å². The molecule has 0 aliphatic carbocycles. The number of hydrogen-bond donors (Lipinski definition) is 0. The predicted molar refractivity (Wildman–Crippen MR) is 116 cm³/mol. The van der Waals surface area contributed by atoms with E-state index < -0.39 is 0 Å². The molecule has 150 valence electrons. The van der Waals surface area contributed by atoms with Gasteiger partial charge in [0, 0.05) is 41.5 Å². The van der Waals surface area contributed by atoms with Crippen LogP contribution >= 0.6 is 0 Å². The van der Waals surface area contributed by atoms with E-state index in [2.05, 4.69) is 20.7 Å². The number of aromatic nitrogens is 3. The van der Waals surface area contributed by atoms with Crippen molar-refractivity contribution in [2.24, 2.45) is 12.1 Å². The van der Waals surface area contributed by atoms with Gasteiger partial charge in [0.1, 0.15) is 11.5 Å². The SMILES string of the molecule is Cc1cccc(CN2Cc3c(c4ccc(Cc5ccccc5F)nc4n3C)C=N2)n1. The molecule has 3 aromatic heterocycles. The fourth-order valence-electron chi connectivity index (χ4n) is 4.01. The van der Waals surface area contributed by atoms with E-state index in [4.69, 9.17) is 4.98 Å². The highest BCUT2D eigenvalue weighted by Gasteiger charge is 2.21. The summed E-state index contributed by atoms with van der Waals surface area (Å²) in [6.07, 6.45) is 2.38. The number of rotatable bonds is 4. The number of aryl methyl sites for hydroxylation is 2. The third kappa shape index (κ3) is 3.34. The molecule has 0 amide bonds. The van der Waals surface area contributed by atoms with E-state index >= 15 is 0 Å². The van der Waals surface area contributed by atoms with Crippen LogP contribution in [-0.4, -0.2) is 25.8 Å². The third-order valence-electron chi connectivity index (χ3n) is 5.56. The van der Waals surface area contributed by atoms with Crippen LogP contribution in [0.1, 0.15) is 33.9 Å². The van der Waals surface area contributed by atoms with Crippen LogP contribution in [0.25, 0.3) is 11.0 Å². The second-order valence-corrected chi connectivity index (χ2v) is 7.70. The van der Waals surface area contributed by atoms with Crippen molar-refractivity contribution < 1.29 is 4.39 Å². The number of halogens is 1. The van der Waals surface area contributed by atoms with Gasteiger partial charge in [-0.1, -0.05) is 24.3 Å². The molecule has 5 rings (SSSR count). The van der Waals surface area contributed by atoms with E-state index in [1.807, 2.05) is 55.5 Å². The molecule has 0 N–H and O–H groups in total. The van der Waals surface area contributed by atoms with Crippen molar-refractivity contribution in [1.82, 2.24) is 19.5 Å². The summed E-state index contributed by atoms with van der Waals surface area (Å²) >= 11 is 0. The molecule has 0 saturated carbocycles. The Hall–Kier alpha value is -3.54. The van der Waals surface area contributed by atoms with E-state index in [0.717, 1.165) is 33.7 Å². The third-order valence-corrected chi connectivity index (χ3v) is 5.56. The molecule has 4 aromatic rings. The number of hydrogen-bond acceptors (Lipinski definition) is 4. The molecular weight excluding hydrogens is 377 g/mol. The summed E-state index contributed by atoms with van der Waals surface area (Å²) in [5, 5.41) is 7.73. The minimum absolute atomic E-state index is 0.196. The second kappa shape index (κ2) is 7.37. The average molecular weight is 399 g/mol. The van der Waals surface area contributed by atoms with Crippen LogP contribution < -0.4 is 0 Å². The molecule has 0 spiro atoms. The zero-order valence-electron chi connectivity index (χ0n) is 17.0. The van der Waals surface area contributed by atoms with Gasteiger partial charge in [0.05, 0.1) is 25.0 Å². The normalized spacial score (nSPS) is 13.1. The van der Waals surface area contributed by atoms with Crippen molar-refractivity contribution >= 4 is 17.2 Å². The quantitative estimate of drug-likeness (QED) is 0.512. The number of hydrazone groups is 1. The van der Waals surface area contributed by atoms with Crippen LogP contribution in [0.2, 0.25) is 0 Å². The van der Waals surface area contributed by atoms with E-state index in [9.17, 15) is 4.39 Å². The van der Waals surface area contributed by atoms with Crippen LogP contribution in [0.4, 0.5) is 4.39 Å². The monoisotopic (exact) mass is 399 g/mol. The molecule has 1 aliphatic heterocycles. The van der Waals surface area contributed by atoms with Crippen LogP contribution in [-0.2, 0) is 26.6 Å². The summed E-state index contributed by atoms with van der Waals surface area (Å²) in [5.74, 6) is -0.196. The van der Waals surface area contributed by atoms with Crippen LogP contribution in [0, 0.1) is 12.7 Å². The van der Waals surface area contributed by atoms with E-state index in [1.165, 1.54) is 11.8 Å². The van der Waals surface area contributed by atoms with Gasteiger partial charge >= 0.3 is 0 Å². The fourth-order valence-corrected chi connectivity index (χ4v) is 4.01. The van der Waals surface area contributed by atoms with E-state index in [1.54, 1.807) is 12.1 Å². The van der Waals surface area contributed by atoms with E-state index in [-0.39, 0.29) is 5.82 Å². The Balaban J connectivity index is 1.44. The predicted octanol–water partition coefficient (Wildman–Crippen LogP) is 4.36. The summed E-state index contributed by atoms with van der Waals surface area (Å²) in [7, 11) is 2.03. The van der Waals surface area contributed by atoms with Gasteiger partial charge in [-0.3, -0.25) is 9.99 Å². The maximum atomic E-state index is 14.0. The maximum absolute atomic E-state index is 14.0. The van der Waals surface area contributed by atoms with Gasteiger partial charge in [0.25, 0.3) is 0 Å². The molecule has 30 heavy (non-hydrogen) atoms. The highest BCUT2D eigenvalue weighted by atomic mass is 19.1. The highest BCUT2D eigenvalue weighted by molar-refractivity contribution is 6.00. The smallest absolute Gasteiger partial charge is 0.140 e. The zero-order chi connectivity index (χ0) is 20.7. The lowest BCUT2D eigenvalue weighted by Crippen LogP contribution is -2.23. The molecule has 6 heteroatoms. The lowest BCUT2D eigenvalue weighted by atomic mass is 10.1. The molecule has 4 heterocycles. The Labute approximate surface area is 174 Å². The summed E-state index contributed by atoms with van der Waals surface area (Å²) in [4.78, 5) is 9.42. The molecule has 1 aliphatic rings. The average Bonchev–Trinajstić information content (AvgIpc) is 3.01. The summed E-state index contributed by atoms with van der Waals surface area (Å²) < 4.78 is 16.2. The first-order chi connectivity index (χ1) is 14.6. The topological polar surface area (TPSA) is 46.3 Å². The molecule has 5 nitrogen and oxygen atoms in total. The zero-order valence-corrected chi connectivity index (χ0v) is 17.0. The lowest BCUT2D eigenvalue weighted by Gasteiger charge is -2.23. The molecule has 0 atom stereocenters. The van der Waals surface area contributed by atoms with Crippen molar-refractivity contribution in [3.63, 3.8) is 0 Å². The molecule has 0 fully saturated rings. The van der Waals surface area contributed by atoms with Crippen molar-refractivity contribution in [2.45, 2.75) is 26.4 Å².